The van der Waals surface area contributed by atoms with Crippen LogP contribution in [0.5, 0.6) is 0 Å². The molecule has 25 heavy (non-hydrogen) atoms. The van der Waals surface area contributed by atoms with Crippen molar-refractivity contribution in [1.29, 1.82) is 0 Å². The van der Waals surface area contributed by atoms with Gasteiger partial charge in [0.05, 0.1) is 5.25 Å². The quantitative estimate of drug-likeness (QED) is 0.687. The second-order valence-electron chi connectivity index (χ2n) is 6.29. The molecule has 1 aliphatic rings. The first-order valence-corrected chi connectivity index (χ1v) is 10.5. The number of carbonyl (C=O) groups is 1. The summed E-state index contributed by atoms with van der Waals surface area (Å²) in [5.74, 6) is 0.102. The third-order valence-electron chi connectivity index (χ3n) is 4.29. The van der Waals surface area contributed by atoms with Gasteiger partial charge in [0.2, 0.25) is 11.0 Å². The molecule has 1 aromatic carbocycles. The Morgan fingerprint density at radius 1 is 1.28 bits per heavy atom. The minimum atomic E-state index is -0.147. The van der Waals surface area contributed by atoms with Crippen molar-refractivity contribution in [3.63, 3.8) is 0 Å². The minimum Gasteiger partial charge on any atom is -0.360 e. The normalized spacial score (nSPS) is 15.9. The van der Waals surface area contributed by atoms with E-state index in [4.69, 9.17) is 0 Å². The summed E-state index contributed by atoms with van der Waals surface area (Å²) < 4.78 is 0.830. The van der Waals surface area contributed by atoms with Crippen LogP contribution in [0.3, 0.4) is 0 Å². The van der Waals surface area contributed by atoms with Crippen LogP contribution in [0.2, 0.25) is 0 Å². The average molecular weight is 377 g/mol. The molecular weight excluding hydrogens is 352 g/mol. The standard InChI is InChI=1S/C18H24N4OS2/c1-13(16(23)20-15-9-5-6-10-15)24-18-22-21-17(25-18)19-12-11-14-7-3-2-4-8-14/h2-4,7-8,13,15H,5-6,9-12H2,1H3,(H,19,21)(H,20,23). The van der Waals surface area contributed by atoms with Crippen LogP contribution in [-0.2, 0) is 11.2 Å². The van der Waals surface area contributed by atoms with Gasteiger partial charge in [0.15, 0.2) is 4.34 Å². The van der Waals surface area contributed by atoms with Gasteiger partial charge in [0.25, 0.3) is 0 Å². The molecule has 1 amide bonds. The first-order valence-electron chi connectivity index (χ1n) is 8.79. The maximum atomic E-state index is 12.2. The van der Waals surface area contributed by atoms with Crippen LogP contribution in [0.4, 0.5) is 5.13 Å². The molecule has 2 aromatic rings. The van der Waals surface area contributed by atoms with Crippen molar-refractivity contribution in [3.8, 4) is 0 Å². The summed E-state index contributed by atoms with van der Waals surface area (Å²) in [6.45, 7) is 2.75. The summed E-state index contributed by atoms with van der Waals surface area (Å²) in [7, 11) is 0. The Bertz CT molecular complexity index is 671. The molecule has 1 atom stereocenters. The van der Waals surface area contributed by atoms with E-state index in [2.05, 4.69) is 33.0 Å². The maximum absolute atomic E-state index is 12.2. The largest absolute Gasteiger partial charge is 0.360 e. The number of hydrogen-bond donors (Lipinski definition) is 2. The van der Waals surface area contributed by atoms with E-state index in [1.54, 1.807) is 0 Å². The predicted octanol–water partition coefficient (Wildman–Crippen LogP) is 3.73. The van der Waals surface area contributed by atoms with Crippen LogP contribution >= 0.6 is 23.1 Å². The third kappa shape index (κ3) is 5.71. The zero-order valence-corrected chi connectivity index (χ0v) is 16.0. The maximum Gasteiger partial charge on any atom is 0.233 e. The van der Waals surface area contributed by atoms with E-state index in [0.29, 0.717) is 6.04 Å². The van der Waals surface area contributed by atoms with Crippen molar-refractivity contribution in [2.24, 2.45) is 0 Å². The van der Waals surface area contributed by atoms with Crippen molar-refractivity contribution >= 4 is 34.1 Å². The molecule has 0 saturated heterocycles. The van der Waals surface area contributed by atoms with Crippen LogP contribution < -0.4 is 10.6 Å². The van der Waals surface area contributed by atoms with Crippen molar-refractivity contribution in [2.45, 2.75) is 54.7 Å². The number of rotatable bonds is 8. The Balaban J connectivity index is 1.42. The van der Waals surface area contributed by atoms with Gasteiger partial charge < -0.3 is 10.6 Å². The Kier molecular flexibility index (Phi) is 6.69. The lowest BCUT2D eigenvalue weighted by Crippen LogP contribution is -2.37. The van der Waals surface area contributed by atoms with E-state index in [1.165, 1.54) is 41.5 Å². The molecule has 1 aromatic heterocycles. The highest BCUT2D eigenvalue weighted by molar-refractivity contribution is 8.02. The number of amides is 1. The highest BCUT2D eigenvalue weighted by atomic mass is 32.2. The van der Waals surface area contributed by atoms with Crippen LogP contribution in [0, 0.1) is 0 Å². The lowest BCUT2D eigenvalue weighted by atomic mass is 10.2. The van der Waals surface area contributed by atoms with Gasteiger partial charge in [-0.15, -0.1) is 10.2 Å². The van der Waals surface area contributed by atoms with Crippen molar-refractivity contribution in [3.05, 3.63) is 35.9 Å². The molecule has 0 aliphatic heterocycles. The van der Waals surface area contributed by atoms with Gasteiger partial charge in [-0.1, -0.05) is 66.3 Å². The highest BCUT2D eigenvalue weighted by Gasteiger charge is 2.22. The fraction of sp³-hybridized carbons (Fsp3) is 0.500. The second-order valence-corrected chi connectivity index (χ2v) is 8.85. The van der Waals surface area contributed by atoms with E-state index < -0.39 is 0 Å². The molecule has 3 rings (SSSR count). The summed E-state index contributed by atoms with van der Waals surface area (Å²) in [6.07, 6.45) is 5.61. The summed E-state index contributed by atoms with van der Waals surface area (Å²) in [5, 5.41) is 15.5. The first-order chi connectivity index (χ1) is 12.2. The Morgan fingerprint density at radius 2 is 2.04 bits per heavy atom. The zero-order valence-electron chi connectivity index (χ0n) is 14.4. The number of thioether (sulfide) groups is 1. The fourth-order valence-corrected chi connectivity index (χ4v) is 4.81. The lowest BCUT2D eigenvalue weighted by molar-refractivity contribution is -0.120. The molecule has 0 bridgehead atoms. The molecule has 0 spiro atoms. The number of nitrogens with one attached hydrogen (secondary N) is 2. The molecule has 7 heteroatoms. The number of carbonyl (C=O) groups excluding carboxylic acids is 1. The molecule has 1 aliphatic carbocycles. The van der Waals surface area contributed by atoms with Crippen molar-refractivity contribution in [1.82, 2.24) is 15.5 Å². The van der Waals surface area contributed by atoms with E-state index in [-0.39, 0.29) is 11.2 Å². The zero-order chi connectivity index (χ0) is 17.5. The summed E-state index contributed by atoms with van der Waals surface area (Å²) in [6, 6.07) is 10.7. The van der Waals surface area contributed by atoms with E-state index >= 15 is 0 Å². The third-order valence-corrected chi connectivity index (χ3v) is 6.35. The Labute approximate surface area is 157 Å². The van der Waals surface area contributed by atoms with Gasteiger partial charge in [-0.3, -0.25) is 4.79 Å². The topological polar surface area (TPSA) is 66.9 Å². The van der Waals surface area contributed by atoms with Gasteiger partial charge in [-0.25, -0.2) is 0 Å². The highest BCUT2D eigenvalue weighted by Crippen LogP contribution is 2.29. The minimum absolute atomic E-state index is 0.102. The Morgan fingerprint density at radius 3 is 2.80 bits per heavy atom. The Hall–Kier alpha value is -1.60. The summed E-state index contributed by atoms with van der Waals surface area (Å²) in [4.78, 5) is 12.2. The SMILES string of the molecule is CC(Sc1nnc(NCCc2ccccc2)s1)C(=O)NC1CCCC1. The molecule has 134 valence electrons. The molecular formula is C18H24N4OS2. The molecule has 2 N–H and O–H groups in total. The van der Waals surface area contributed by atoms with Crippen molar-refractivity contribution < 1.29 is 4.79 Å². The average Bonchev–Trinajstić information content (AvgIpc) is 3.28. The first kappa shape index (κ1) is 18.2. The number of benzene rings is 1. The summed E-state index contributed by atoms with van der Waals surface area (Å²) >= 11 is 2.98. The van der Waals surface area contributed by atoms with E-state index in [1.807, 2.05) is 25.1 Å². The van der Waals surface area contributed by atoms with E-state index in [0.717, 1.165) is 35.3 Å². The lowest BCUT2D eigenvalue weighted by Gasteiger charge is -2.15. The summed E-state index contributed by atoms with van der Waals surface area (Å²) in [5.41, 5.74) is 1.30. The van der Waals surface area contributed by atoms with Crippen LogP contribution in [-0.4, -0.2) is 33.9 Å². The van der Waals surface area contributed by atoms with Crippen molar-refractivity contribution in [2.75, 3.05) is 11.9 Å². The number of aromatic nitrogens is 2. The molecule has 5 nitrogen and oxygen atoms in total. The molecule has 1 fully saturated rings. The van der Waals surface area contributed by atoms with Gasteiger partial charge in [-0.2, -0.15) is 0 Å². The second kappa shape index (κ2) is 9.20. The van der Waals surface area contributed by atoms with Gasteiger partial charge >= 0.3 is 0 Å². The fourth-order valence-electron chi connectivity index (χ4n) is 2.88. The van der Waals surface area contributed by atoms with E-state index in [9.17, 15) is 4.79 Å². The molecule has 1 saturated carbocycles. The molecule has 1 heterocycles. The smallest absolute Gasteiger partial charge is 0.233 e. The number of hydrogen-bond acceptors (Lipinski definition) is 6. The van der Waals surface area contributed by atoms with Gasteiger partial charge in [-0.05, 0) is 31.7 Å². The van der Waals surface area contributed by atoms with Crippen LogP contribution in [0.1, 0.15) is 38.2 Å². The van der Waals surface area contributed by atoms with Crippen LogP contribution in [0.15, 0.2) is 34.7 Å². The monoisotopic (exact) mass is 376 g/mol. The molecule has 1 unspecified atom stereocenters. The number of nitrogens with zero attached hydrogens (tertiary/aromatic N) is 2. The van der Waals surface area contributed by atoms with Crippen LogP contribution in [0.25, 0.3) is 0 Å². The van der Waals surface area contributed by atoms with Gasteiger partial charge in [0.1, 0.15) is 0 Å². The molecule has 0 radical (unpaired) electrons. The number of anilines is 1. The predicted molar refractivity (Wildman–Crippen MR) is 104 cm³/mol. The van der Waals surface area contributed by atoms with Gasteiger partial charge in [0, 0.05) is 12.6 Å².